The van der Waals surface area contributed by atoms with E-state index >= 15 is 0 Å². The van der Waals surface area contributed by atoms with E-state index in [0.717, 1.165) is 28.0 Å². The highest BCUT2D eigenvalue weighted by Gasteiger charge is 2.39. The van der Waals surface area contributed by atoms with E-state index in [9.17, 15) is 10.1 Å². The molecule has 1 aromatic carbocycles. The molecule has 0 spiro atoms. The Morgan fingerprint density at radius 2 is 2.27 bits per heavy atom. The number of nitro benzene ring substituents is 1. The predicted molar refractivity (Wildman–Crippen MR) is 115 cm³/mol. The molecule has 6 rings (SSSR count). The fourth-order valence-corrected chi connectivity index (χ4v) is 5.64. The number of non-ortho nitro benzene ring substituents is 1. The molecule has 3 aromatic heterocycles. The Labute approximate surface area is 175 Å². The minimum absolute atomic E-state index is 0.0832. The first-order valence-electron chi connectivity index (χ1n) is 9.69. The number of anilines is 1. The number of nitrogens with one attached hydrogen (secondary N) is 1. The minimum atomic E-state index is -0.377. The lowest BCUT2D eigenvalue weighted by Gasteiger charge is -2.26. The van der Waals surface area contributed by atoms with Gasteiger partial charge in [0.25, 0.3) is 5.69 Å². The quantitative estimate of drug-likeness (QED) is 0.375. The predicted octanol–water partition coefficient (Wildman–Crippen LogP) is 4.67. The summed E-state index contributed by atoms with van der Waals surface area (Å²) in [6.07, 6.45) is 9.81. The van der Waals surface area contributed by atoms with Gasteiger partial charge in [0.15, 0.2) is 0 Å². The highest BCUT2D eigenvalue weighted by atomic mass is 32.1. The third-order valence-electron chi connectivity index (χ3n) is 5.68. The fraction of sp³-hybridized carbons (Fsp3) is 0.190. The molecule has 1 atom stereocenters. The molecule has 2 aliphatic carbocycles. The highest BCUT2D eigenvalue weighted by Crippen LogP contribution is 2.59. The molecule has 1 N–H and O–H groups in total. The van der Waals surface area contributed by atoms with Gasteiger partial charge in [-0.15, -0.1) is 11.3 Å². The van der Waals surface area contributed by atoms with Crippen molar-refractivity contribution >= 4 is 38.6 Å². The van der Waals surface area contributed by atoms with Crippen molar-refractivity contribution in [2.45, 2.75) is 25.3 Å². The van der Waals surface area contributed by atoms with Gasteiger partial charge in [-0.05, 0) is 24.0 Å². The van der Waals surface area contributed by atoms with Gasteiger partial charge in [-0.2, -0.15) is 4.98 Å². The lowest BCUT2D eigenvalue weighted by atomic mass is 9.80. The van der Waals surface area contributed by atoms with Gasteiger partial charge in [0.2, 0.25) is 5.95 Å². The number of fused-ring (bicyclic) bond motifs is 6. The summed E-state index contributed by atoms with van der Waals surface area (Å²) in [7, 11) is 0. The van der Waals surface area contributed by atoms with Gasteiger partial charge in [0, 0.05) is 47.4 Å². The summed E-state index contributed by atoms with van der Waals surface area (Å²) in [6, 6.07) is 6.66. The number of nitro groups is 1. The Morgan fingerprint density at radius 1 is 1.33 bits per heavy atom. The molecule has 0 saturated carbocycles. The van der Waals surface area contributed by atoms with Crippen molar-refractivity contribution in [1.82, 2.24) is 19.5 Å². The third kappa shape index (κ3) is 2.55. The van der Waals surface area contributed by atoms with Gasteiger partial charge < -0.3 is 5.32 Å². The molecule has 2 aliphatic rings. The van der Waals surface area contributed by atoms with E-state index in [2.05, 4.69) is 16.4 Å². The van der Waals surface area contributed by atoms with E-state index < -0.39 is 0 Å². The topological polar surface area (TPSA) is 98.8 Å². The van der Waals surface area contributed by atoms with Crippen molar-refractivity contribution in [3.05, 3.63) is 75.2 Å². The first-order chi connectivity index (χ1) is 14.7. The average molecular weight is 416 g/mol. The summed E-state index contributed by atoms with van der Waals surface area (Å²) in [5.74, 6) is 1.85. The SMILES string of the molecule is O=[N+]([O-])c1cccc(CNc2nc(-n3ccnc3)nc3sc4c(c23)C2=CCCC24)c1. The number of thiophene rings is 1. The maximum absolute atomic E-state index is 11.1. The first-order valence-corrected chi connectivity index (χ1v) is 10.5. The summed E-state index contributed by atoms with van der Waals surface area (Å²) < 4.78 is 1.79. The molecule has 0 aliphatic heterocycles. The van der Waals surface area contributed by atoms with Crippen molar-refractivity contribution in [2.24, 2.45) is 0 Å². The number of benzene rings is 1. The van der Waals surface area contributed by atoms with Crippen LogP contribution in [0.1, 0.15) is 34.8 Å². The summed E-state index contributed by atoms with van der Waals surface area (Å²) in [5, 5.41) is 15.6. The largest absolute Gasteiger partial charge is 0.365 e. The van der Waals surface area contributed by atoms with E-state index in [1.807, 2.05) is 12.3 Å². The zero-order chi connectivity index (χ0) is 20.2. The van der Waals surface area contributed by atoms with Crippen LogP contribution in [0.4, 0.5) is 11.5 Å². The molecule has 148 valence electrons. The van der Waals surface area contributed by atoms with Crippen LogP contribution in [0.25, 0.3) is 21.7 Å². The van der Waals surface area contributed by atoms with Crippen LogP contribution in [0.2, 0.25) is 0 Å². The number of hydrogen-bond acceptors (Lipinski definition) is 7. The van der Waals surface area contributed by atoms with E-state index in [-0.39, 0.29) is 10.6 Å². The van der Waals surface area contributed by atoms with Crippen molar-refractivity contribution in [2.75, 3.05) is 5.32 Å². The van der Waals surface area contributed by atoms with Crippen LogP contribution in [0.5, 0.6) is 0 Å². The second-order valence-corrected chi connectivity index (χ2v) is 8.46. The zero-order valence-corrected chi connectivity index (χ0v) is 16.6. The van der Waals surface area contributed by atoms with Crippen LogP contribution in [0, 0.1) is 10.1 Å². The Kier molecular flexibility index (Phi) is 3.72. The van der Waals surface area contributed by atoms with E-state index in [0.29, 0.717) is 18.4 Å². The highest BCUT2D eigenvalue weighted by molar-refractivity contribution is 7.19. The van der Waals surface area contributed by atoms with E-state index in [1.54, 1.807) is 40.6 Å². The van der Waals surface area contributed by atoms with E-state index in [1.165, 1.54) is 28.5 Å². The van der Waals surface area contributed by atoms with Gasteiger partial charge in [0.05, 0.1) is 10.3 Å². The van der Waals surface area contributed by atoms with E-state index in [4.69, 9.17) is 9.97 Å². The van der Waals surface area contributed by atoms with Gasteiger partial charge in [-0.1, -0.05) is 18.2 Å². The molecular weight excluding hydrogens is 400 g/mol. The molecular formula is C21H16N6O2S. The Bertz CT molecular complexity index is 1340. The summed E-state index contributed by atoms with van der Waals surface area (Å²) >= 11 is 1.74. The smallest absolute Gasteiger partial charge is 0.269 e. The normalized spacial score (nSPS) is 16.7. The van der Waals surface area contributed by atoms with Crippen LogP contribution in [0.15, 0.2) is 49.1 Å². The van der Waals surface area contributed by atoms with Gasteiger partial charge >= 0.3 is 0 Å². The van der Waals surface area contributed by atoms with Crippen molar-refractivity contribution in [3.63, 3.8) is 0 Å². The number of allylic oxidation sites excluding steroid dienone is 2. The Morgan fingerprint density at radius 3 is 3.10 bits per heavy atom. The standard InChI is InChI=1S/C21H16N6O2S/c28-27(29)13-4-1-3-12(9-13)10-23-19-17-16-14-5-2-6-15(14)18(16)30-20(17)25-21(24-19)26-8-7-22-11-26/h1,3-5,7-9,11,15H,2,6,10H2,(H,23,24,25). The summed E-state index contributed by atoms with van der Waals surface area (Å²) in [5.41, 5.74) is 3.59. The van der Waals surface area contributed by atoms with Crippen LogP contribution in [-0.4, -0.2) is 24.4 Å². The molecule has 30 heavy (non-hydrogen) atoms. The average Bonchev–Trinajstić information content (AvgIpc) is 3.47. The van der Waals surface area contributed by atoms with Crippen LogP contribution < -0.4 is 5.32 Å². The Hall–Kier alpha value is -3.59. The second kappa shape index (κ2) is 6.46. The number of nitrogens with zero attached hydrogens (tertiary/aromatic N) is 5. The molecule has 0 radical (unpaired) electrons. The molecule has 4 aromatic rings. The van der Waals surface area contributed by atoms with Crippen molar-refractivity contribution < 1.29 is 4.92 Å². The monoisotopic (exact) mass is 416 g/mol. The molecule has 0 amide bonds. The number of rotatable bonds is 5. The third-order valence-corrected chi connectivity index (χ3v) is 6.88. The lowest BCUT2D eigenvalue weighted by Crippen LogP contribution is -2.11. The Balaban J connectivity index is 1.44. The molecule has 1 unspecified atom stereocenters. The molecule has 8 nitrogen and oxygen atoms in total. The minimum Gasteiger partial charge on any atom is -0.365 e. The first kappa shape index (κ1) is 17.3. The zero-order valence-electron chi connectivity index (χ0n) is 15.8. The van der Waals surface area contributed by atoms with Crippen molar-refractivity contribution in [1.29, 1.82) is 0 Å². The van der Waals surface area contributed by atoms with Gasteiger partial charge in [0.1, 0.15) is 17.0 Å². The molecule has 3 heterocycles. The van der Waals surface area contributed by atoms with Crippen LogP contribution in [0.3, 0.4) is 0 Å². The lowest BCUT2D eigenvalue weighted by molar-refractivity contribution is -0.384. The molecule has 0 saturated heterocycles. The number of imidazole rings is 1. The molecule has 0 fully saturated rings. The molecule has 9 heteroatoms. The molecule has 0 bridgehead atoms. The van der Waals surface area contributed by atoms with Crippen molar-refractivity contribution in [3.8, 4) is 5.95 Å². The summed E-state index contributed by atoms with van der Waals surface area (Å²) in [4.78, 5) is 26.7. The maximum atomic E-state index is 11.1. The second-order valence-electron chi connectivity index (χ2n) is 7.43. The maximum Gasteiger partial charge on any atom is 0.269 e. The van der Waals surface area contributed by atoms with Gasteiger partial charge in [-0.25, -0.2) is 9.97 Å². The fourth-order valence-electron chi connectivity index (χ4n) is 4.30. The number of aromatic nitrogens is 4. The van der Waals surface area contributed by atoms with Gasteiger partial charge in [-0.3, -0.25) is 14.7 Å². The van der Waals surface area contributed by atoms with Crippen LogP contribution in [-0.2, 0) is 6.54 Å². The summed E-state index contributed by atoms with van der Waals surface area (Å²) in [6.45, 7) is 0.435. The number of hydrogen-bond donors (Lipinski definition) is 1. The van der Waals surface area contributed by atoms with Crippen LogP contribution >= 0.6 is 11.3 Å².